The van der Waals surface area contributed by atoms with Crippen molar-refractivity contribution in [3.05, 3.63) is 51.7 Å². The molecule has 2 saturated heterocycles. The Balaban J connectivity index is 1.24. The smallest absolute Gasteiger partial charge is 0.264 e. The third-order valence-electron chi connectivity index (χ3n) is 6.22. The van der Waals surface area contributed by atoms with Crippen molar-refractivity contribution in [3.63, 3.8) is 0 Å². The molecule has 2 aromatic rings. The molecule has 0 spiro atoms. The Morgan fingerprint density at radius 1 is 0.818 bits per heavy atom. The van der Waals surface area contributed by atoms with Crippen molar-refractivity contribution in [2.45, 2.75) is 18.7 Å². The van der Waals surface area contributed by atoms with Crippen molar-refractivity contribution in [2.75, 3.05) is 58.9 Å². The van der Waals surface area contributed by atoms with Crippen molar-refractivity contribution in [1.82, 2.24) is 19.0 Å². The Kier molecular flexibility index (Phi) is 7.18. The summed E-state index contributed by atoms with van der Waals surface area (Å²) in [4.78, 5) is 33.2. The van der Waals surface area contributed by atoms with Gasteiger partial charge in [0.25, 0.3) is 5.91 Å². The van der Waals surface area contributed by atoms with Gasteiger partial charge in [0.1, 0.15) is 0 Å². The molecule has 0 atom stereocenters. The Morgan fingerprint density at radius 2 is 1.42 bits per heavy atom. The van der Waals surface area contributed by atoms with Crippen LogP contribution in [-0.4, -0.2) is 98.1 Å². The third-order valence-corrected chi connectivity index (χ3v) is 9.12. The van der Waals surface area contributed by atoms with E-state index in [2.05, 4.69) is 0 Å². The highest BCUT2D eigenvalue weighted by Gasteiger charge is 2.31. The number of rotatable bonds is 5. The summed E-state index contributed by atoms with van der Waals surface area (Å²) in [6.07, 6.45) is 0. The number of sulfonamides is 1. The van der Waals surface area contributed by atoms with E-state index in [0.29, 0.717) is 57.3 Å². The van der Waals surface area contributed by atoms with E-state index >= 15 is 0 Å². The zero-order chi connectivity index (χ0) is 23.6. The number of carbonyl (C=O) groups excluding carboxylic acids is 2. The second-order valence-electron chi connectivity index (χ2n) is 8.58. The second-order valence-corrected chi connectivity index (χ2v) is 11.8. The van der Waals surface area contributed by atoms with E-state index in [0.717, 1.165) is 15.3 Å². The minimum absolute atomic E-state index is 0.0314. The van der Waals surface area contributed by atoms with Gasteiger partial charge in [-0.25, -0.2) is 8.42 Å². The van der Waals surface area contributed by atoms with Gasteiger partial charge >= 0.3 is 0 Å². The lowest BCUT2D eigenvalue weighted by molar-refractivity contribution is -0.134. The number of aryl methyl sites for hydroxylation is 2. The van der Waals surface area contributed by atoms with Gasteiger partial charge in [-0.05, 0) is 38.1 Å². The number of piperazine rings is 2. The molecule has 4 rings (SSSR count). The lowest BCUT2D eigenvalue weighted by Crippen LogP contribution is -2.55. The molecule has 0 N–H and O–H groups in total. The Labute approximate surface area is 199 Å². The van der Waals surface area contributed by atoms with Crippen LogP contribution in [0.5, 0.6) is 0 Å². The highest BCUT2D eigenvalue weighted by Crippen LogP contribution is 2.20. The van der Waals surface area contributed by atoms with E-state index < -0.39 is 10.0 Å². The van der Waals surface area contributed by atoms with Crippen molar-refractivity contribution < 1.29 is 18.0 Å². The van der Waals surface area contributed by atoms with E-state index in [1.165, 1.54) is 15.6 Å². The molecular weight excluding hydrogens is 460 g/mol. The van der Waals surface area contributed by atoms with Gasteiger partial charge in [-0.3, -0.25) is 14.5 Å². The number of benzene rings is 1. The third kappa shape index (κ3) is 5.46. The van der Waals surface area contributed by atoms with Crippen LogP contribution in [0.3, 0.4) is 0 Å². The average Bonchev–Trinajstić information content (AvgIpc) is 3.25. The normalized spacial score (nSPS) is 18.5. The van der Waals surface area contributed by atoms with Crippen LogP contribution in [0, 0.1) is 13.8 Å². The van der Waals surface area contributed by atoms with Crippen molar-refractivity contribution in [2.24, 2.45) is 0 Å². The van der Waals surface area contributed by atoms with E-state index in [4.69, 9.17) is 0 Å². The predicted octanol–water partition coefficient (Wildman–Crippen LogP) is 1.66. The van der Waals surface area contributed by atoms with Crippen LogP contribution >= 0.6 is 11.3 Å². The molecule has 0 unspecified atom stereocenters. The first-order chi connectivity index (χ1) is 15.7. The molecular formula is C23H30N4O4S2. The summed E-state index contributed by atoms with van der Waals surface area (Å²) >= 11 is 1.50. The van der Waals surface area contributed by atoms with Crippen LogP contribution in [0.1, 0.15) is 20.1 Å². The van der Waals surface area contributed by atoms with Gasteiger partial charge < -0.3 is 9.80 Å². The number of thiophene rings is 1. The van der Waals surface area contributed by atoms with E-state index in [1.54, 1.807) is 29.2 Å². The molecule has 0 bridgehead atoms. The molecule has 0 radical (unpaired) electrons. The van der Waals surface area contributed by atoms with Crippen molar-refractivity contribution >= 4 is 33.2 Å². The van der Waals surface area contributed by atoms with Crippen LogP contribution in [0.15, 0.2) is 41.3 Å². The molecule has 2 fully saturated rings. The highest BCUT2D eigenvalue weighted by atomic mass is 32.2. The molecule has 2 aliphatic heterocycles. The Hall–Kier alpha value is -2.27. The number of nitrogens with zero attached hydrogens (tertiary/aromatic N) is 4. The maximum absolute atomic E-state index is 12.9. The monoisotopic (exact) mass is 490 g/mol. The number of hydrogen-bond donors (Lipinski definition) is 0. The molecule has 8 nitrogen and oxygen atoms in total. The van der Waals surface area contributed by atoms with E-state index in [9.17, 15) is 18.0 Å². The lowest BCUT2D eigenvalue weighted by atomic mass is 10.2. The van der Waals surface area contributed by atoms with E-state index in [1.807, 2.05) is 35.8 Å². The van der Waals surface area contributed by atoms with Crippen LogP contribution in [0.25, 0.3) is 0 Å². The van der Waals surface area contributed by atoms with Crippen LogP contribution in [-0.2, 0) is 14.8 Å². The Bertz CT molecular complexity index is 1100. The molecule has 1 aromatic heterocycles. The fourth-order valence-electron chi connectivity index (χ4n) is 4.14. The topological polar surface area (TPSA) is 81.2 Å². The zero-order valence-electron chi connectivity index (χ0n) is 19.1. The van der Waals surface area contributed by atoms with Crippen LogP contribution < -0.4 is 0 Å². The quantitative estimate of drug-likeness (QED) is 0.637. The largest absolute Gasteiger partial charge is 0.338 e. The van der Waals surface area contributed by atoms with Gasteiger partial charge in [-0.2, -0.15) is 4.31 Å². The van der Waals surface area contributed by atoms with Gasteiger partial charge in [0.2, 0.25) is 15.9 Å². The van der Waals surface area contributed by atoms with Gasteiger partial charge in [-0.1, -0.05) is 17.7 Å². The number of hydrogen-bond acceptors (Lipinski definition) is 6. The summed E-state index contributed by atoms with van der Waals surface area (Å²) in [5, 5.41) is 0. The molecule has 33 heavy (non-hydrogen) atoms. The predicted molar refractivity (Wildman–Crippen MR) is 128 cm³/mol. The zero-order valence-corrected chi connectivity index (χ0v) is 20.7. The van der Waals surface area contributed by atoms with Gasteiger partial charge in [0, 0.05) is 57.2 Å². The Morgan fingerprint density at radius 3 is 2.00 bits per heavy atom. The van der Waals surface area contributed by atoms with E-state index in [-0.39, 0.29) is 18.4 Å². The standard InChI is InChI=1S/C23H30N4O4S2/c1-18-3-6-20(7-4-18)33(30,31)27-15-9-24(10-16-27)17-22(28)25-11-13-26(14-12-25)23(29)21-8-5-19(2)32-21/h3-8H,9-17H2,1-2H3. The maximum atomic E-state index is 12.9. The second kappa shape index (κ2) is 9.92. The number of carbonyl (C=O) groups is 2. The SMILES string of the molecule is Cc1ccc(S(=O)(=O)N2CCN(CC(=O)N3CCN(C(=O)c4ccc(C)s4)CC3)CC2)cc1. The summed E-state index contributed by atoms with van der Waals surface area (Å²) in [5.41, 5.74) is 1.02. The molecule has 10 heteroatoms. The first kappa shape index (κ1) is 23.9. The molecule has 0 saturated carbocycles. The maximum Gasteiger partial charge on any atom is 0.264 e. The molecule has 2 aliphatic rings. The molecule has 0 aliphatic carbocycles. The summed E-state index contributed by atoms with van der Waals surface area (Å²) in [5.74, 6) is 0.0648. The first-order valence-electron chi connectivity index (χ1n) is 11.2. The average molecular weight is 491 g/mol. The van der Waals surface area contributed by atoms with Gasteiger partial charge in [-0.15, -0.1) is 11.3 Å². The number of amides is 2. The fraction of sp³-hybridized carbons (Fsp3) is 0.478. The van der Waals surface area contributed by atoms with Gasteiger partial charge in [0.05, 0.1) is 16.3 Å². The minimum Gasteiger partial charge on any atom is -0.338 e. The lowest BCUT2D eigenvalue weighted by Gasteiger charge is -2.37. The van der Waals surface area contributed by atoms with Gasteiger partial charge in [0.15, 0.2) is 0 Å². The summed E-state index contributed by atoms with van der Waals surface area (Å²) in [6.45, 7) is 8.07. The first-order valence-corrected chi connectivity index (χ1v) is 13.4. The summed E-state index contributed by atoms with van der Waals surface area (Å²) in [6, 6.07) is 10.7. The summed E-state index contributed by atoms with van der Waals surface area (Å²) in [7, 11) is -3.51. The van der Waals surface area contributed by atoms with Crippen molar-refractivity contribution in [3.8, 4) is 0 Å². The molecule has 2 amide bonds. The van der Waals surface area contributed by atoms with Crippen LogP contribution in [0.2, 0.25) is 0 Å². The molecule has 178 valence electrons. The molecule has 1 aromatic carbocycles. The van der Waals surface area contributed by atoms with Crippen LogP contribution in [0.4, 0.5) is 0 Å². The molecule has 3 heterocycles. The highest BCUT2D eigenvalue weighted by molar-refractivity contribution is 7.89. The van der Waals surface area contributed by atoms with Crippen molar-refractivity contribution in [1.29, 1.82) is 0 Å². The fourth-order valence-corrected chi connectivity index (χ4v) is 6.40. The minimum atomic E-state index is -3.51. The summed E-state index contributed by atoms with van der Waals surface area (Å²) < 4.78 is 27.2.